The second-order valence-corrected chi connectivity index (χ2v) is 5.31. The fraction of sp³-hybridized carbons (Fsp3) is 0.278. The smallest absolute Gasteiger partial charge is 0.407 e. The van der Waals surface area contributed by atoms with Gasteiger partial charge in [-0.3, -0.25) is 0 Å². The van der Waals surface area contributed by atoms with Crippen LogP contribution in [0.4, 0.5) is 4.79 Å². The molecule has 2 aromatic carbocycles. The van der Waals surface area contributed by atoms with Crippen molar-refractivity contribution in [3.63, 3.8) is 0 Å². The summed E-state index contributed by atoms with van der Waals surface area (Å²) in [5.41, 5.74) is 2.16. The maximum Gasteiger partial charge on any atom is 0.407 e. The Morgan fingerprint density at radius 3 is 2.23 bits per heavy atom. The fourth-order valence-corrected chi connectivity index (χ4v) is 2.34. The predicted molar refractivity (Wildman–Crippen MR) is 85.9 cm³/mol. The first-order valence-corrected chi connectivity index (χ1v) is 7.45. The summed E-state index contributed by atoms with van der Waals surface area (Å²) in [5, 5.41) is 18.5. The summed E-state index contributed by atoms with van der Waals surface area (Å²) in [6.07, 6.45) is 1.75. The van der Waals surface area contributed by atoms with Crippen molar-refractivity contribution in [2.24, 2.45) is 0 Å². The van der Waals surface area contributed by atoms with Gasteiger partial charge in [-0.15, -0.1) is 0 Å². The maximum atomic E-state index is 11.3. The molecule has 2 rings (SSSR count). The number of hydrogen-bond donors (Lipinski definition) is 2. The zero-order valence-electron chi connectivity index (χ0n) is 12.5. The zero-order valence-corrected chi connectivity index (χ0v) is 12.5. The molecule has 0 aliphatic heterocycles. The molecular formula is C18H21NO3. The van der Waals surface area contributed by atoms with Gasteiger partial charge < -0.3 is 15.1 Å². The molecule has 1 amide bonds. The van der Waals surface area contributed by atoms with Crippen LogP contribution in [0, 0.1) is 0 Å². The molecule has 0 saturated carbocycles. The van der Waals surface area contributed by atoms with Crippen LogP contribution >= 0.6 is 0 Å². The third-order valence-electron chi connectivity index (χ3n) is 3.57. The first kappa shape index (κ1) is 15.9. The van der Waals surface area contributed by atoms with Crippen molar-refractivity contribution in [3.8, 4) is 5.75 Å². The Hall–Kier alpha value is -2.49. The molecule has 0 fully saturated rings. The zero-order chi connectivity index (χ0) is 15.8. The highest BCUT2D eigenvalue weighted by molar-refractivity contribution is 5.64. The Morgan fingerprint density at radius 1 is 0.909 bits per heavy atom. The van der Waals surface area contributed by atoms with Crippen molar-refractivity contribution in [2.45, 2.75) is 25.8 Å². The van der Waals surface area contributed by atoms with Gasteiger partial charge >= 0.3 is 6.09 Å². The first-order valence-electron chi connectivity index (χ1n) is 7.45. The van der Waals surface area contributed by atoms with E-state index in [0.717, 1.165) is 30.4 Å². The molecule has 0 aliphatic rings. The summed E-state index contributed by atoms with van der Waals surface area (Å²) in [6, 6.07) is 16.8. The van der Waals surface area contributed by atoms with E-state index in [4.69, 9.17) is 0 Å². The largest absolute Gasteiger partial charge is 0.508 e. The molecule has 2 aromatic rings. The molecule has 116 valence electrons. The lowest BCUT2D eigenvalue weighted by atomic mass is 10.1. The highest BCUT2D eigenvalue weighted by Crippen LogP contribution is 2.12. The molecule has 22 heavy (non-hydrogen) atoms. The van der Waals surface area contributed by atoms with Crippen molar-refractivity contribution < 1.29 is 15.0 Å². The van der Waals surface area contributed by atoms with Crippen molar-refractivity contribution in [3.05, 3.63) is 65.7 Å². The van der Waals surface area contributed by atoms with Crippen LogP contribution in [0.5, 0.6) is 5.75 Å². The number of phenols is 1. The molecule has 0 spiro atoms. The van der Waals surface area contributed by atoms with Gasteiger partial charge in [0.2, 0.25) is 0 Å². The van der Waals surface area contributed by atoms with Gasteiger partial charge in [-0.2, -0.15) is 0 Å². The van der Waals surface area contributed by atoms with Crippen molar-refractivity contribution in [1.29, 1.82) is 0 Å². The highest BCUT2D eigenvalue weighted by atomic mass is 16.4. The van der Waals surface area contributed by atoms with Crippen LogP contribution < -0.4 is 0 Å². The summed E-state index contributed by atoms with van der Waals surface area (Å²) in [5.74, 6) is 0.267. The van der Waals surface area contributed by atoms with Crippen molar-refractivity contribution in [2.75, 3.05) is 6.54 Å². The summed E-state index contributed by atoms with van der Waals surface area (Å²) < 4.78 is 0. The van der Waals surface area contributed by atoms with Crippen LogP contribution in [0.1, 0.15) is 24.0 Å². The number of phenolic OH excluding ortho intramolecular Hbond substituents is 1. The summed E-state index contributed by atoms with van der Waals surface area (Å²) in [4.78, 5) is 12.8. The van der Waals surface area contributed by atoms with E-state index >= 15 is 0 Å². The minimum absolute atomic E-state index is 0.267. The topological polar surface area (TPSA) is 60.8 Å². The van der Waals surface area contributed by atoms with E-state index < -0.39 is 6.09 Å². The number of aryl methyl sites for hydroxylation is 1. The van der Waals surface area contributed by atoms with Gasteiger partial charge in [-0.1, -0.05) is 42.5 Å². The molecule has 0 bridgehead atoms. The minimum atomic E-state index is -0.881. The summed E-state index contributed by atoms with van der Waals surface area (Å²) in [7, 11) is 0. The van der Waals surface area contributed by atoms with Gasteiger partial charge in [-0.05, 0) is 42.5 Å². The van der Waals surface area contributed by atoms with Crippen LogP contribution in [0.3, 0.4) is 0 Å². The second kappa shape index (κ2) is 8.08. The molecule has 0 aromatic heterocycles. The molecule has 4 heteroatoms. The van der Waals surface area contributed by atoms with E-state index in [1.54, 1.807) is 12.1 Å². The standard InChI is InChI=1S/C18H21NO3/c20-17-11-9-15(10-12-17)6-4-5-13-19(18(21)22)14-16-7-2-1-3-8-16/h1-3,7-12,20H,4-6,13-14H2,(H,21,22). The van der Waals surface area contributed by atoms with E-state index in [0.29, 0.717) is 13.1 Å². The minimum Gasteiger partial charge on any atom is -0.508 e. The number of unbranched alkanes of at least 4 members (excludes halogenated alkanes) is 1. The molecule has 0 aliphatic carbocycles. The van der Waals surface area contributed by atoms with Gasteiger partial charge in [0.1, 0.15) is 5.75 Å². The van der Waals surface area contributed by atoms with Crippen LogP contribution in [-0.4, -0.2) is 27.8 Å². The number of benzene rings is 2. The Bertz CT molecular complexity index is 581. The third-order valence-corrected chi connectivity index (χ3v) is 3.57. The number of hydrogen-bond acceptors (Lipinski definition) is 2. The number of rotatable bonds is 7. The summed E-state index contributed by atoms with van der Waals surface area (Å²) in [6.45, 7) is 0.956. The number of carbonyl (C=O) groups is 1. The van der Waals surface area contributed by atoms with Crippen LogP contribution in [0.2, 0.25) is 0 Å². The monoisotopic (exact) mass is 299 g/mol. The molecule has 0 unspecified atom stereocenters. The Balaban J connectivity index is 1.77. The molecule has 4 nitrogen and oxygen atoms in total. The number of nitrogens with zero attached hydrogens (tertiary/aromatic N) is 1. The Morgan fingerprint density at radius 2 is 1.59 bits per heavy atom. The summed E-state index contributed by atoms with van der Waals surface area (Å²) >= 11 is 0. The van der Waals surface area contributed by atoms with Crippen LogP contribution in [-0.2, 0) is 13.0 Å². The molecule has 0 atom stereocenters. The van der Waals surface area contributed by atoms with Crippen molar-refractivity contribution in [1.82, 2.24) is 4.90 Å². The SMILES string of the molecule is O=C(O)N(CCCCc1ccc(O)cc1)Cc1ccccc1. The highest BCUT2D eigenvalue weighted by Gasteiger charge is 2.11. The quantitative estimate of drug-likeness (QED) is 0.762. The normalized spacial score (nSPS) is 10.4. The van der Waals surface area contributed by atoms with E-state index in [1.807, 2.05) is 42.5 Å². The molecule has 0 saturated heterocycles. The van der Waals surface area contributed by atoms with Crippen LogP contribution in [0.15, 0.2) is 54.6 Å². The van der Waals surface area contributed by atoms with E-state index in [9.17, 15) is 15.0 Å². The Kier molecular flexibility index (Phi) is 5.83. The van der Waals surface area contributed by atoms with Gasteiger partial charge in [0, 0.05) is 13.1 Å². The first-order chi connectivity index (χ1) is 10.6. The Labute approximate surface area is 130 Å². The molecule has 2 N–H and O–H groups in total. The lowest BCUT2D eigenvalue weighted by Gasteiger charge is -2.19. The van der Waals surface area contributed by atoms with Crippen LogP contribution in [0.25, 0.3) is 0 Å². The van der Waals surface area contributed by atoms with Gasteiger partial charge in [0.25, 0.3) is 0 Å². The van der Waals surface area contributed by atoms with Crippen molar-refractivity contribution >= 4 is 6.09 Å². The van der Waals surface area contributed by atoms with Gasteiger partial charge in [0.05, 0.1) is 0 Å². The average Bonchev–Trinajstić information content (AvgIpc) is 2.53. The molecular weight excluding hydrogens is 278 g/mol. The second-order valence-electron chi connectivity index (χ2n) is 5.31. The van der Waals surface area contributed by atoms with Gasteiger partial charge in [0.15, 0.2) is 0 Å². The third kappa shape index (κ3) is 5.13. The van der Waals surface area contributed by atoms with E-state index in [1.165, 1.54) is 4.90 Å². The lowest BCUT2D eigenvalue weighted by Crippen LogP contribution is -2.29. The number of amides is 1. The lowest BCUT2D eigenvalue weighted by molar-refractivity contribution is 0.141. The van der Waals surface area contributed by atoms with E-state index in [2.05, 4.69) is 0 Å². The predicted octanol–water partition coefficient (Wildman–Crippen LogP) is 3.90. The maximum absolute atomic E-state index is 11.3. The fourth-order valence-electron chi connectivity index (χ4n) is 2.34. The molecule has 0 heterocycles. The number of carboxylic acid groups (broad SMARTS) is 1. The van der Waals surface area contributed by atoms with Gasteiger partial charge in [-0.25, -0.2) is 4.79 Å². The molecule has 0 radical (unpaired) electrons. The van der Waals surface area contributed by atoms with E-state index in [-0.39, 0.29) is 5.75 Å². The number of aromatic hydroxyl groups is 1. The average molecular weight is 299 g/mol.